The molecular weight excluding hydrogens is 605 g/mol. The molecule has 0 aliphatic rings. The smallest absolute Gasteiger partial charge is 0.161 e. The Hall–Kier alpha value is -4.94. The van der Waals surface area contributed by atoms with Gasteiger partial charge in [-0.3, -0.25) is 0 Å². The Morgan fingerprint density at radius 3 is 1.51 bits per heavy atom. The lowest BCUT2D eigenvalue weighted by Crippen LogP contribution is -1.96. The molecule has 10 aromatic rings. The summed E-state index contributed by atoms with van der Waals surface area (Å²) < 4.78 is 7.64. The number of benzene rings is 6. The van der Waals surface area contributed by atoms with Crippen LogP contribution in [-0.4, -0.2) is 9.97 Å². The van der Waals surface area contributed by atoms with Crippen LogP contribution in [0.15, 0.2) is 133 Å². The lowest BCUT2D eigenvalue weighted by atomic mass is 10.00. The Bertz CT molecular complexity index is 2650. The summed E-state index contributed by atoms with van der Waals surface area (Å²) in [5.41, 5.74) is 5.24. The summed E-state index contributed by atoms with van der Waals surface area (Å²) in [6, 6.07) is 48.0. The molecule has 0 unspecified atom stereocenters. The van der Waals surface area contributed by atoms with Crippen LogP contribution in [0.25, 0.3) is 94.4 Å². The number of rotatable bonds is 3. The van der Waals surface area contributed by atoms with Crippen molar-refractivity contribution in [3.8, 4) is 33.9 Å². The van der Waals surface area contributed by atoms with Crippen LogP contribution in [0.4, 0.5) is 0 Å². The number of thiophene rings is 3. The van der Waals surface area contributed by atoms with Gasteiger partial charge < -0.3 is 0 Å². The van der Waals surface area contributed by atoms with Gasteiger partial charge in [-0.05, 0) is 36.4 Å². The quantitative estimate of drug-likeness (QED) is 0.195. The first-order chi connectivity index (χ1) is 22.3. The lowest BCUT2D eigenvalue weighted by molar-refractivity contribution is 1.19. The van der Waals surface area contributed by atoms with Gasteiger partial charge >= 0.3 is 0 Å². The van der Waals surface area contributed by atoms with E-state index in [9.17, 15) is 0 Å². The van der Waals surface area contributed by atoms with Crippen molar-refractivity contribution in [3.63, 3.8) is 0 Å². The minimum Gasteiger partial charge on any atom is -0.228 e. The molecule has 0 amide bonds. The number of nitrogens with zero attached hydrogens (tertiary/aromatic N) is 2. The van der Waals surface area contributed by atoms with Gasteiger partial charge in [-0.2, -0.15) is 0 Å². The third-order valence-corrected chi connectivity index (χ3v) is 12.2. The Kier molecular flexibility index (Phi) is 5.52. The molecule has 210 valence electrons. The van der Waals surface area contributed by atoms with Gasteiger partial charge in [0.2, 0.25) is 0 Å². The van der Waals surface area contributed by atoms with Gasteiger partial charge in [0.25, 0.3) is 0 Å². The maximum atomic E-state index is 5.40. The van der Waals surface area contributed by atoms with Crippen molar-refractivity contribution in [1.82, 2.24) is 9.97 Å². The van der Waals surface area contributed by atoms with Gasteiger partial charge in [-0.1, -0.05) is 97.1 Å². The van der Waals surface area contributed by atoms with Gasteiger partial charge in [0, 0.05) is 77.2 Å². The first-order valence-electron chi connectivity index (χ1n) is 14.9. The molecule has 0 bridgehead atoms. The zero-order valence-electron chi connectivity index (χ0n) is 23.8. The van der Waals surface area contributed by atoms with Crippen LogP contribution < -0.4 is 0 Å². The lowest BCUT2D eigenvalue weighted by Gasteiger charge is -2.12. The molecule has 0 fully saturated rings. The highest BCUT2D eigenvalue weighted by Gasteiger charge is 2.19. The van der Waals surface area contributed by atoms with Crippen molar-refractivity contribution >= 4 is 94.5 Å². The van der Waals surface area contributed by atoms with Crippen LogP contribution in [0.1, 0.15) is 0 Å². The van der Waals surface area contributed by atoms with E-state index in [0.717, 1.165) is 33.9 Å². The monoisotopic (exact) mass is 626 g/mol. The number of fused-ring (bicyclic) bond motifs is 9. The van der Waals surface area contributed by atoms with Gasteiger partial charge in [0.15, 0.2) is 5.82 Å². The van der Waals surface area contributed by atoms with Crippen LogP contribution in [-0.2, 0) is 0 Å². The van der Waals surface area contributed by atoms with Crippen molar-refractivity contribution in [2.75, 3.05) is 0 Å². The molecule has 2 nitrogen and oxygen atoms in total. The minimum absolute atomic E-state index is 0.756. The molecule has 45 heavy (non-hydrogen) atoms. The standard InChI is InChI=1S/C40H22N2S3/c1-4-17-32-23(10-1)24-13-7-15-26(39(24)45-32)31-22-30(25-14-8-20-35-37(25)27-11-2-5-18-33(27)43-35)41-40(42-31)29-16-9-21-36-38(29)28-12-3-6-19-34(28)44-36/h1-22H. The second kappa shape index (κ2) is 9.78. The average molecular weight is 627 g/mol. The SMILES string of the molecule is c1ccc2c(c1)sc1c(-c3cc(-c4cccc5sc6ccccc6c45)nc(-c4cccc5sc6ccccc6c45)n3)cccc12. The first kappa shape index (κ1) is 25.4. The Morgan fingerprint density at radius 2 is 0.822 bits per heavy atom. The molecule has 10 rings (SSSR count). The van der Waals surface area contributed by atoms with Gasteiger partial charge in [-0.25, -0.2) is 9.97 Å². The molecular formula is C40H22N2S3. The molecule has 0 aliphatic heterocycles. The molecule has 0 radical (unpaired) electrons. The highest BCUT2D eigenvalue weighted by molar-refractivity contribution is 7.27. The molecule has 4 heterocycles. The van der Waals surface area contributed by atoms with E-state index in [0.29, 0.717) is 0 Å². The van der Waals surface area contributed by atoms with Crippen LogP contribution in [0.2, 0.25) is 0 Å². The Balaban J connectivity index is 1.31. The van der Waals surface area contributed by atoms with Crippen LogP contribution in [0.3, 0.4) is 0 Å². The predicted octanol–water partition coefficient (Wildman–Crippen LogP) is 12.6. The highest BCUT2D eigenvalue weighted by atomic mass is 32.1. The fraction of sp³-hybridized carbons (Fsp3) is 0. The van der Waals surface area contributed by atoms with Crippen molar-refractivity contribution in [2.45, 2.75) is 0 Å². The molecule has 0 aliphatic carbocycles. The van der Waals surface area contributed by atoms with Crippen LogP contribution in [0, 0.1) is 0 Å². The summed E-state index contributed by atoms with van der Waals surface area (Å²) in [4.78, 5) is 10.8. The third kappa shape index (κ3) is 3.85. The fourth-order valence-corrected chi connectivity index (χ4v) is 10.2. The maximum absolute atomic E-state index is 5.40. The van der Waals surface area contributed by atoms with E-state index in [4.69, 9.17) is 9.97 Å². The summed E-state index contributed by atoms with van der Waals surface area (Å²) >= 11 is 5.51. The van der Waals surface area contributed by atoms with E-state index in [-0.39, 0.29) is 0 Å². The molecule has 0 atom stereocenters. The van der Waals surface area contributed by atoms with Crippen molar-refractivity contribution in [3.05, 3.63) is 133 Å². The van der Waals surface area contributed by atoms with Crippen LogP contribution in [0.5, 0.6) is 0 Å². The fourth-order valence-electron chi connectivity index (χ4n) is 6.74. The minimum atomic E-state index is 0.756. The molecule has 0 saturated heterocycles. The molecule has 0 spiro atoms. The summed E-state index contributed by atoms with van der Waals surface area (Å²) in [6.45, 7) is 0. The normalized spacial score (nSPS) is 12.0. The average Bonchev–Trinajstić information content (AvgIpc) is 3.79. The van der Waals surface area contributed by atoms with E-state index in [1.807, 2.05) is 34.0 Å². The van der Waals surface area contributed by atoms with E-state index < -0.39 is 0 Å². The summed E-state index contributed by atoms with van der Waals surface area (Å²) in [7, 11) is 0. The summed E-state index contributed by atoms with van der Waals surface area (Å²) in [5.74, 6) is 0.756. The van der Waals surface area contributed by atoms with Crippen LogP contribution >= 0.6 is 34.0 Å². The number of hydrogen-bond donors (Lipinski definition) is 0. The maximum Gasteiger partial charge on any atom is 0.161 e. The number of aromatic nitrogens is 2. The van der Waals surface area contributed by atoms with Gasteiger partial charge in [-0.15, -0.1) is 34.0 Å². The molecule has 6 aromatic carbocycles. The molecule has 4 aromatic heterocycles. The van der Waals surface area contributed by atoms with E-state index in [1.54, 1.807) is 0 Å². The molecule has 0 saturated carbocycles. The van der Waals surface area contributed by atoms with Crippen molar-refractivity contribution in [1.29, 1.82) is 0 Å². The summed E-state index contributed by atoms with van der Waals surface area (Å²) in [6.07, 6.45) is 0. The Morgan fingerprint density at radius 1 is 0.356 bits per heavy atom. The number of hydrogen-bond acceptors (Lipinski definition) is 5. The highest BCUT2D eigenvalue weighted by Crippen LogP contribution is 2.44. The van der Waals surface area contributed by atoms with E-state index in [1.165, 1.54) is 60.5 Å². The first-order valence-corrected chi connectivity index (χ1v) is 17.4. The van der Waals surface area contributed by atoms with Crippen molar-refractivity contribution in [2.24, 2.45) is 0 Å². The predicted molar refractivity (Wildman–Crippen MR) is 197 cm³/mol. The third-order valence-electron chi connectivity index (χ3n) is 8.73. The molecule has 5 heteroatoms. The second-order valence-corrected chi connectivity index (χ2v) is 14.5. The zero-order valence-corrected chi connectivity index (χ0v) is 26.3. The zero-order chi connectivity index (χ0) is 29.5. The largest absolute Gasteiger partial charge is 0.228 e. The Labute approximate surface area is 270 Å². The topological polar surface area (TPSA) is 25.8 Å². The van der Waals surface area contributed by atoms with E-state index >= 15 is 0 Å². The molecule has 0 N–H and O–H groups in total. The van der Waals surface area contributed by atoms with Gasteiger partial charge in [0.1, 0.15) is 0 Å². The van der Waals surface area contributed by atoms with E-state index in [2.05, 4.69) is 133 Å². The van der Waals surface area contributed by atoms with Gasteiger partial charge in [0.05, 0.1) is 11.4 Å². The summed E-state index contributed by atoms with van der Waals surface area (Å²) in [5, 5.41) is 7.56. The second-order valence-electron chi connectivity index (χ2n) is 11.3. The van der Waals surface area contributed by atoms with Crippen molar-refractivity contribution < 1.29 is 0 Å².